The van der Waals surface area contributed by atoms with Crippen molar-refractivity contribution in [2.75, 3.05) is 0 Å². The fraction of sp³-hybridized carbons (Fsp3) is 0.333. The third kappa shape index (κ3) is 7.17. The number of carbonyl (C=O) groups is 2. The molecule has 2 aromatic rings. The number of hydrogen-bond acceptors (Lipinski definition) is 8. The number of nitrogens with two attached hydrogens (primary N) is 1. The lowest BCUT2D eigenvalue weighted by Gasteiger charge is -2.23. The molecule has 0 heterocycles. The Morgan fingerprint density at radius 2 is 1.80 bits per heavy atom. The lowest BCUT2D eigenvalue weighted by Crippen LogP contribution is -2.45. The summed E-state index contributed by atoms with van der Waals surface area (Å²) >= 11 is 0. The van der Waals surface area contributed by atoms with Crippen LogP contribution in [0, 0.1) is 4.91 Å². The van der Waals surface area contributed by atoms with Crippen molar-refractivity contribution < 1.29 is 23.9 Å². The molecule has 0 spiro atoms. The molecule has 2 aromatic carbocycles. The molecule has 0 aliphatic rings. The minimum absolute atomic E-state index is 0.0244. The van der Waals surface area contributed by atoms with Gasteiger partial charge in [0.25, 0.3) is 0 Å². The molecule has 0 aromatic heterocycles. The van der Waals surface area contributed by atoms with Crippen LogP contribution in [0.5, 0.6) is 5.75 Å². The number of amides is 1. The summed E-state index contributed by atoms with van der Waals surface area (Å²) < 4.78 is 10.6. The van der Waals surface area contributed by atoms with Crippen molar-refractivity contribution in [3.05, 3.63) is 64.6 Å². The number of esters is 1. The van der Waals surface area contributed by atoms with Crippen molar-refractivity contribution in [1.82, 2.24) is 5.32 Å². The molecule has 0 saturated carbocycles. The van der Waals surface area contributed by atoms with E-state index in [9.17, 15) is 14.5 Å². The molecule has 9 nitrogen and oxygen atoms in total. The zero-order valence-corrected chi connectivity index (χ0v) is 17.1. The second-order valence-electron chi connectivity index (χ2n) is 7.51. The summed E-state index contributed by atoms with van der Waals surface area (Å²) in [6.45, 7) is 5.18. The third-order valence-electron chi connectivity index (χ3n) is 3.89. The quantitative estimate of drug-likeness (QED) is 0.383. The summed E-state index contributed by atoms with van der Waals surface area (Å²) in [5, 5.41) is 5.38. The molecule has 1 atom stereocenters. The van der Waals surface area contributed by atoms with Gasteiger partial charge in [-0.15, -0.1) is 4.91 Å². The number of nitrogens with zero attached hydrogens (tertiary/aromatic N) is 1. The first-order chi connectivity index (χ1) is 14.2. The minimum Gasteiger partial charge on any atom is -0.459 e. The fourth-order valence-corrected chi connectivity index (χ4v) is 2.57. The monoisotopic (exact) mass is 415 g/mol. The SMILES string of the molecule is CC(C)(C)OC(=O)N[C@@H](Cc1ccc(ON)c(N=O)c1)C(=O)OCc1ccccc1. The second kappa shape index (κ2) is 10.4. The van der Waals surface area contributed by atoms with Gasteiger partial charge in [-0.3, -0.25) is 0 Å². The van der Waals surface area contributed by atoms with Crippen LogP contribution in [0.1, 0.15) is 31.9 Å². The Hall–Kier alpha value is -3.46. The van der Waals surface area contributed by atoms with Crippen molar-refractivity contribution in [1.29, 1.82) is 0 Å². The van der Waals surface area contributed by atoms with Gasteiger partial charge in [0, 0.05) is 6.42 Å². The first kappa shape index (κ1) is 22.8. The van der Waals surface area contributed by atoms with Crippen LogP contribution in [0.25, 0.3) is 0 Å². The van der Waals surface area contributed by atoms with Crippen LogP contribution in [-0.2, 0) is 27.3 Å². The number of hydrogen-bond donors (Lipinski definition) is 2. The smallest absolute Gasteiger partial charge is 0.408 e. The van der Waals surface area contributed by atoms with Crippen LogP contribution >= 0.6 is 0 Å². The number of nitroso groups, excluding NO2 is 1. The van der Waals surface area contributed by atoms with E-state index >= 15 is 0 Å². The summed E-state index contributed by atoms with van der Waals surface area (Å²) in [6.07, 6.45) is -0.722. The van der Waals surface area contributed by atoms with Gasteiger partial charge in [-0.2, -0.15) is 5.90 Å². The summed E-state index contributed by atoms with van der Waals surface area (Å²) in [4.78, 5) is 40.5. The lowest BCUT2D eigenvalue weighted by molar-refractivity contribution is -0.147. The molecule has 3 N–H and O–H groups in total. The molecule has 0 aliphatic heterocycles. The highest BCUT2D eigenvalue weighted by atomic mass is 16.6. The molecular weight excluding hydrogens is 390 g/mol. The van der Waals surface area contributed by atoms with Gasteiger partial charge >= 0.3 is 12.1 Å². The topological polar surface area (TPSA) is 129 Å². The molecule has 0 aliphatic carbocycles. The molecule has 1 amide bonds. The Morgan fingerprint density at radius 3 is 2.40 bits per heavy atom. The average molecular weight is 415 g/mol. The number of ether oxygens (including phenoxy) is 2. The molecule has 2 rings (SSSR count). The van der Waals surface area contributed by atoms with E-state index < -0.39 is 23.7 Å². The van der Waals surface area contributed by atoms with Crippen LogP contribution in [0.3, 0.4) is 0 Å². The van der Waals surface area contributed by atoms with Gasteiger partial charge in [0.15, 0.2) is 11.4 Å². The van der Waals surface area contributed by atoms with E-state index in [0.717, 1.165) is 5.56 Å². The summed E-state index contributed by atoms with van der Waals surface area (Å²) in [5.74, 6) is 4.54. The van der Waals surface area contributed by atoms with Crippen molar-refractivity contribution in [2.24, 2.45) is 11.1 Å². The molecule has 0 unspecified atom stereocenters. The number of carbonyl (C=O) groups excluding carboxylic acids is 2. The molecule has 30 heavy (non-hydrogen) atoms. The second-order valence-corrected chi connectivity index (χ2v) is 7.51. The zero-order valence-electron chi connectivity index (χ0n) is 17.1. The van der Waals surface area contributed by atoms with Crippen molar-refractivity contribution in [3.8, 4) is 5.75 Å². The summed E-state index contributed by atoms with van der Waals surface area (Å²) in [5.41, 5.74) is 0.586. The van der Waals surface area contributed by atoms with Crippen molar-refractivity contribution >= 4 is 17.7 Å². The third-order valence-corrected chi connectivity index (χ3v) is 3.89. The van der Waals surface area contributed by atoms with E-state index in [4.69, 9.17) is 15.4 Å². The maximum atomic E-state index is 12.7. The average Bonchev–Trinajstić information content (AvgIpc) is 2.70. The standard InChI is InChI=1S/C21H25N3O6/c1-21(2,3)29-20(26)23-17(19(25)28-13-14-7-5-4-6-8-14)12-15-9-10-18(30-22)16(11-15)24-27/h4-11,17H,12-13,22H2,1-3H3,(H,23,26)/t17-/m0/s1. The molecule has 0 fully saturated rings. The highest BCUT2D eigenvalue weighted by Crippen LogP contribution is 2.28. The largest absolute Gasteiger partial charge is 0.459 e. The Kier molecular flexibility index (Phi) is 7.88. The highest BCUT2D eigenvalue weighted by molar-refractivity contribution is 5.82. The van der Waals surface area contributed by atoms with E-state index in [1.165, 1.54) is 12.1 Å². The van der Waals surface area contributed by atoms with Gasteiger partial charge in [0.05, 0.1) is 0 Å². The molecule has 9 heteroatoms. The molecular formula is C21H25N3O6. The van der Waals surface area contributed by atoms with Crippen LogP contribution in [-0.4, -0.2) is 23.7 Å². The zero-order chi connectivity index (χ0) is 22.1. The molecule has 160 valence electrons. The van der Waals surface area contributed by atoms with E-state index in [0.29, 0.717) is 5.56 Å². The Morgan fingerprint density at radius 1 is 1.10 bits per heavy atom. The van der Waals surface area contributed by atoms with Gasteiger partial charge in [0.2, 0.25) is 0 Å². The van der Waals surface area contributed by atoms with E-state index in [-0.39, 0.29) is 24.5 Å². The summed E-state index contributed by atoms with van der Waals surface area (Å²) in [6, 6.07) is 12.6. The molecule has 0 saturated heterocycles. The van der Waals surface area contributed by atoms with Crippen LogP contribution < -0.4 is 16.1 Å². The Balaban J connectivity index is 2.16. The molecule has 0 bridgehead atoms. The van der Waals surface area contributed by atoms with E-state index in [2.05, 4.69) is 15.3 Å². The fourth-order valence-electron chi connectivity index (χ4n) is 2.57. The lowest BCUT2D eigenvalue weighted by atomic mass is 10.0. The van der Waals surface area contributed by atoms with Gasteiger partial charge < -0.3 is 19.6 Å². The first-order valence-electron chi connectivity index (χ1n) is 9.25. The van der Waals surface area contributed by atoms with E-state index in [1.54, 1.807) is 26.8 Å². The number of nitrogens with one attached hydrogen (secondary N) is 1. The molecule has 0 radical (unpaired) electrons. The predicted molar refractivity (Wildman–Crippen MR) is 110 cm³/mol. The predicted octanol–water partition coefficient (Wildman–Crippen LogP) is 3.52. The van der Waals surface area contributed by atoms with Gasteiger partial charge in [-0.25, -0.2) is 9.59 Å². The van der Waals surface area contributed by atoms with Crippen molar-refractivity contribution in [2.45, 2.75) is 45.4 Å². The van der Waals surface area contributed by atoms with Crippen molar-refractivity contribution in [3.63, 3.8) is 0 Å². The Labute approximate surface area is 174 Å². The van der Waals surface area contributed by atoms with Gasteiger partial charge in [0.1, 0.15) is 18.2 Å². The summed E-state index contributed by atoms with van der Waals surface area (Å²) in [7, 11) is 0. The maximum Gasteiger partial charge on any atom is 0.408 e. The van der Waals surface area contributed by atoms with E-state index in [1.807, 2.05) is 30.3 Å². The number of benzene rings is 2. The van der Waals surface area contributed by atoms with Crippen LogP contribution in [0.4, 0.5) is 10.5 Å². The minimum atomic E-state index is -1.05. The van der Waals surface area contributed by atoms with Gasteiger partial charge in [-0.05, 0) is 49.2 Å². The van der Waals surface area contributed by atoms with Crippen LogP contribution in [0.2, 0.25) is 0 Å². The normalized spacial score (nSPS) is 11.9. The Bertz CT molecular complexity index is 880. The number of alkyl carbamates (subject to hydrolysis) is 1. The number of rotatable bonds is 8. The highest BCUT2D eigenvalue weighted by Gasteiger charge is 2.26. The first-order valence-corrected chi connectivity index (χ1v) is 9.25. The van der Waals surface area contributed by atoms with Gasteiger partial charge in [-0.1, -0.05) is 36.4 Å². The maximum absolute atomic E-state index is 12.7. The van der Waals surface area contributed by atoms with Crippen LogP contribution in [0.15, 0.2) is 53.7 Å².